The fourth-order valence-electron chi connectivity index (χ4n) is 3.81. The van der Waals surface area contributed by atoms with Crippen molar-refractivity contribution in [2.75, 3.05) is 30.2 Å². The lowest BCUT2D eigenvalue weighted by Crippen LogP contribution is -2.40. The van der Waals surface area contributed by atoms with E-state index in [1.165, 1.54) is 18.4 Å². The SMILES string of the molecule is CC(C)Oc1ccc(N(CC(=O)NCc2ccccc2CN2CCCC2)S(C)(=O)=O)cc1. The van der Waals surface area contributed by atoms with Crippen LogP contribution in [0, 0.1) is 0 Å². The summed E-state index contributed by atoms with van der Waals surface area (Å²) in [4.78, 5) is 15.1. The number of carbonyl (C=O) groups excluding carboxylic acids is 1. The minimum absolute atomic E-state index is 0.0194. The Balaban J connectivity index is 1.64. The first kappa shape index (κ1) is 24.1. The first-order chi connectivity index (χ1) is 15.2. The van der Waals surface area contributed by atoms with Gasteiger partial charge in [0.25, 0.3) is 0 Å². The van der Waals surface area contributed by atoms with E-state index in [0.29, 0.717) is 18.0 Å². The number of likely N-dealkylation sites (tertiary alicyclic amines) is 1. The van der Waals surface area contributed by atoms with Gasteiger partial charge < -0.3 is 10.1 Å². The van der Waals surface area contributed by atoms with Gasteiger partial charge in [-0.3, -0.25) is 14.0 Å². The molecule has 0 spiro atoms. The van der Waals surface area contributed by atoms with Crippen LogP contribution in [0.4, 0.5) is 5.69 Å². The lowest BCUT2D eigenvalue weighted by atomic mass is 10.1. The number of ether oxygens (including phenoxy) is 1. The summed E-state index contributed by atoms with van der Waals surface area (Å²) >= 11 is 0. The highest BCUT2D eigenvalue weighted by atomic mass is 32.2. The predicted molar refractivity (Wildman–Crippen MR) is 127 cm³/mol. The van der Waals surface area contributed by atoms with Gasteiger partial charge in [-0.05, 0) is 75.2 Å². The smallest absolute Gasteiger partial charge is 0.241 e. The number of rotatable bonds is 10. The molecule has 32 heavy (non-hydrogen) atoms. The molecule has 0 aliphatic carbocycles. The Bertz CT molecular complexity index is 1000. The van der Waals surface area contributed by atoms with Crippen molar-refractivity contribution in [1.82, 2.24) is 10.2 Å². The summed E-state index contributed by atoms with van der Waals surface area (Å²) in [7, 11) is -3.63. The Morgan fingerprint density at radius 1 is 1.06 bits per heavy atom. The van der Waals surface area contributed by atoms with Crippen LogP contribution in [0.25, 0.3) is 0 Å². The molecule has 1 fully saturated rings. The topological polar surface area (TPSA) is 79.0 Å². The molecule has 0 radical (unpaired) electrons. The van der Waals surface area contributed by atoms with Crippen molar-refractivity contribution in [3.05, 3.63) is 59.7 Å². The van der Waals surface area contributed by atoms with Crippen molar-refractivity contribution in [2.24, 2.45) is 0 Å². The molecule has 1 heterocycles. The highest BCUT2D eigenvalue weighted by molar-refractivity contribution is 7.92. The summed E-state index contributed by atoms with van der Waals surface area (Å²) in [6.07, 6.45) is 3.57. The summed E-state index contributed by atoms with van der Waals surface area (Å²) in [6.45, 7) is 7.00. The molecule has 1 aliphatic rings. The molecule has 0 saturated carbocycles. The zero-order valence-electron chi connectivity index (χ0n) is 19.1. The van der Waals surface area contributed by atoms with Crippen LogP contribution < -0.4 is 14.4 Å². The second-order valence-corrected chi connectivity index (χ2v) is 10.4. The van der Waals surface area contributed by atoms with E-state index in [1.54, 1.807) is 24.3 Å². The van der Waals surface area contributed by atoms with Crippen LogP contribution in [0.15, 0.2) is 48.5 Å². The second kappa shape index (κ2) is 10.8. The third kappa shape index (κ3) is 6.97. The lowest BCUT2D eigenvalue weighted by Gasteiger charge is -2.23. The molecule has 174 valence electrons. The van der Waals surface area contributed by atoms with E-state index in [0.717, 1.165) is 35.8 Å². The number of benzene rings is 2. The van der Waals surface area contributed by atoms with Crippen LogP contribution in [-0.2, 0) is 27.9 Å². The number of sulfonamides is 1. The van der Waals surface area contributed by atoms with Crippen molar-refractivity contribution in [2.45, 2.75) is 45.9 Å². The van der Waals surface area contributed by atoms with Gasteiger partial charge in [0, 0.05) is 13.1 Å². The van der Waals surface area contributed by atoms with Crippen molar-refractivity contribution >= 4 is 21.6 Å². The van der Waals surface area contributed by atoms with Gasteiger partial charge in [-0.1, -0.05) is 24.3 Å². The van der Waals surface area contributed by atoms with Crippen molar-refractivity contribution < 1.29 is 17.9 Å². The van der Waals surface area contributed by atoms with Gasteiger partial charge in [0.1, 0.15) is 12.3 Å². The number of hydrogen-bond donors (Lipinski definition) is 1. The lowest BCUT2D eigenvalue weighted by molar-refractivity contribution is -0.119. The van der Waals surface area contributed by atoms with E-state index >= 15 is 0 Å². The zero-order chi connectivity index (χ0) is 23.1. The van der Waals surface area contributed by atoms with Crippen LogP contribution in [-0.4, -0.2) is 51.2 Å². The van der Waals surface area contributed by atoms with Gasteiger partial charge in [-0.25, -0.2) is 8.42 Å². The summed E-state index contributed by atoms with van der Waals surface area (Å²) in [5.41, 5.74) is 2.66. The van der Waals surface area contributed by atoms with Crippen LogP contribution in [0.5, 0.6) is 5.75 Å². The maximum absolute atomic E-state index is 12.7. The predicted octanol–water partition coefficient (Wildman–Crippen LogP) is 3.15. The number of hydrogen-bond acceptors (Lipinski definition) is 5. The van der Waals surface area contributed by atoms with Gasteiger partial charge in [-0.15, -0.1) is 0 Å². The van der Waals surface area contributed by atoms with Crippen molar-refractivity contribution in [3.63, 3.8) is 0 Å². The Kier molecular flexibility index (Phi) is 8.15. The Labute approximate surface area is 191 Å². The quantitative estimate of drug-likeness (QED) is 0.591. The standard InChI is InChI=1S/C24H33N3O4S/c1-19(2)31-23-12-10-22(11-13-23)27(32(3,29)30)18-24(28)25-16-20-8-4-5-9-21(20)17-26-14-6-7-15-26/h4-5,8-13,19H,6-7,14-18H2,1-3H3,(H,25,28). The van der Waals surface area contributed by atoms with Gasteiger partial charge >= 0.3 is 0 Å². The Morgan fingerprint density at radius 2 is 1.69 bits per heavy atom. The van der Waals surface area contributed by atoms with E-state index in [-0.39, 0.29) is 18.6 Å². The van der Waals surface area contributed by atoms with E-state index in [1.807, 2.05) is 32.0 Å². The molecule has 1 N–H and O–H groups in total. The average molecular weight is 460 g/mol. The van der Waals surface area contributed by atoms with Crippen LogP contribution in [0.1, 0.15) is 37.8 Å². The van der Waals surface area contributed by atoms with Gasteiger partial charge in [0.05, 0.1) is 18.0 Å². The summed E-state index contributed by atoms with van der Waals surface area (Å²) in [5, 5.41) is 2.89. The third-order valence-corrected chi connectivity index (χ3v) is 6.51. The van der Waals surface area contributed by atoms with Crippen molar-refractivity contribution in [1.29, 1.82) is 0 Å². The Morgan fingerprint density at radius 3 is 2.28 bits per heavy atom. The fraction of sp³-hybridized carbons (Fsp3) is 0.458. The summed E-state index contributed by atoms with van der Waals surface area (Å²) < 4.78 is 31.4. The minimum atomic E-state index is -3.63. The molecule has 0 aromatic heterocycles. The molecule has 8 heteroatoms. The van der Waals surface area contributed by atoms with Crippen LogP contribution in [0.2, 0.25) is 0 Å². The molecule has 0 bridgehead atoms. The molecule has 2 aromatic rings. The average Bonchev–Trinajstić information content (AvgIpc) is 3.24. The van der Waals surface area contributed by atoms with Crippen molar-refractivity contribution in [3.8, 4) is 5.75 Å². The summed E-state index contributed by atoms with van der Waals surface area (Å²) in [5.74, 6) is 0.296. The third-order valence-electron chi connectivity index (χ3n) is 5.37. The van der Waals surface area contributed by atoms with E-state index in [4.69, 9.17) is 4.74 Å². The molecule has 1 aliphatic heterocycles. The summed E-state index contributed by atoms with van der Waals surface area (Å²) in [6, 6.07) is 14.8. The first-order valence-corrected chi connectivity index (χ1v) is 12.9. The molecule has 0 unspecified atom stereocenters. The number of nitrogens with one attached hydrogen (secondary N) is 1. The van der Waals surface area contributed by atoms with Crippen LogP contribution >= 0.6 is 0 Å². The maximum Gasteiger partial charge on any atom is 0.241 e. The molecule has 1 amide bonds. The van der Waals surface area contributed by atoms with E-state index in [9.17, 15) is 13.2 Å². The second-order valence-electron chi connectivity index (χ2n) is 8.46. The number of carbonyl (C=O) groups is 1. The molecule has 7 nitrogen and oxygen atoms in total. The van der Waals surface area contributed by atoms with E-state index < -0.39 is 10.0 Å². The Hall–Kier alpha value is -2.58. The molecule has 1 saturated heterocycles. The molecular formula is C24H33N3O4S. The van der Waals surface area contributed by atoms with Gasteiger partial charge in [-0.2, -0.15) is 0 Å². The zero-order valence-corrected chi connectivity index (χ0v) is 19.9. The monoisotopic (exact) mass is 459 g/mol. The number of anilines is 1. The number of amides is 1. The van der Waals surface area contributed by atoms with Gasteiger partial charge in [0.15, 0.2) is 0 Å². The normalized spacial score (nSPS) is 14.5. The minimum Gasteiger partial charge on any atom is -0.491 e. The number of nitrogens with zero attached hydrogens (tertiary/aromatic N) is 2. The van der Waals surface area contributed by atoms with E-state index in [2.05, 4.69) is 16.3 Å². The largest absolute Gasteiger partial charge is 0.491 e. The molecule has 3 rings (SSSR count). The molecular weight excluding hydrogens is 426 g/mol. The maximum atomic E-state index is 12.7. The fourth-order valence-corrected chi connectivity index (χ4v) is 4.67. The molecule has 2 aromatic carbocycles. The first-order valence-electron chi connectivity index (χ1n) is 11.0. The van der Waals surface area contributed by atoms with Gasteiger partial charge in [0.2, 0.25) is 15.9 Å². The van der Waals surface area contributed by atoms with Crippen LogP contribution in [0.3, 0.4) is 0 Å². The highest BCUT2D eigenvalue weighted by Crippen LogP contribution is 2.22. The highest BCUT2D eigenvalue weighted by Gasteiger charge is 2.21. The molecule has 0 atom stereocenters.